The standard InChI is InChI=1S/C14H10Cl2O2S/c15-11-4-1-3-10(7-11)14(17)9-19(18)13-6-2-5-12(16)8-13/h1-8H,9H2. The zero-order chi connectivity index (χ0) is 13.8. The van der Waals surface area contributed by atoms with Crippen molar-refractivity contribution in [2.24, 2.45) is 0 Å². The minimum Gasteiger partial charge on any atom is -0.293 e. The van der Waals surface area contributed by atoms with Crippen LogP contribution in [0.1, 0.15) is 10.4 Å². The van der Waals surface area contributed by atoms with Crippen molar-refractivity contribution in [3.63, 3.8) is 0 Å². The molecule has 0 saturated heterocycles. The first-order valence-corrected chi connectivity index (χ1v) is 7.56. The molecule has 19 heavy (non-hydrogen) atoms. The van der Waals surface area contributed by atoms with Crippen molar-refractivity contribution in [3.8, 4) is 0 Å². The molecule has 1 atom stereocenters. The van der Waals surface area contributed by atoms with Crippen LogP contribution in [0, 0.1) is 0 Å². The van der Waals surface area contributed by atoms with Crippen molar-refractivity contribution in [2.75, 3.05) is 5.75 Å². The Morgan fingerprint density at radius 1 is 1.00 bits per heavy atom. The Kier molecular flexibility index (Phi) is 4.75. The number of halogens is 2. The van der Waals surface area contributed by atoms with Gasteiger partial charge in [-0.1, -0.05) is 41.4 Å². The lowest BCUT2D eigenvalue weighted by Crippen LogP contribution is -2.11. The van der Waals surface area contributed by atoms with E-state index in [1.807, 2.05) is 0 Å². The van der Waals surface area contributed by atoms with Gasteiger partial charge >= 0.3 is 0 Å². The number of rotatable bonds is 4. The number of carbonyl (C=O) groups excluding carboxylic acids is 1. The minimum atomic E-state index is -1.41. The van der Waals surface area contributed by atoms with Crippen molar-refractivity contribution in [1.82, 2.24) is 0 Å². The van der Waals surface area contributed by atoms with Gasteiger partial charge < -0.3 is 0 Å². The van der Waals surface area contributed by atoms with Crippen molar-refractivity contribution in [3.05, 3.63) is 64.1 Å². The van der Waals surface area contributed by atoms with Crippen molar-refractivity contribution >= 4 is 39.8 Å². The average molecular weight is 313 g/mol. The SMILES string of the molecule is O=C(CS(=O)c1cccc(Cl)c1)c1cccc(Cl)c1. The predicted molar refractivity (Wildman–Crippen MR) is 78.5 cm³/mol. The number of benzene rings is 2. The Bertz CT molecular complexity index is 585. The molecule has 2 aromatic carbocycles. The van der Waals surface area contributed by atoms with E-state index < -0.39 is 10.8 Å². The van der Waals surface area contributed by atoms with Gasteiger partial charge in [0.05, 0.1) is 16.6 Å². The Balaban J connectivity index is 2.13. The Morgan fingerprint density at radius 2 is 1.63 bits per heavy atom. The molecule has 1 unspecified atom stereocenters. The maximum atomic E-state index is 12.1. The highest BCUT2D eigenvalue weighted by Gasteiger charge is 2.12. The van der Waals surface area contributed by atoms with Crippen LogP contribution in [0.3, 0.4) is 0 Å². The van der Waals surface area contributed by atoms with Crippen LogP contribution < -0.4 is 0 Å². The molecule has 0 fully saturated rings. The van der Waals surface area contributed by atoms with E-state index in [0.717, 1.165) is 0 Å². The van der Waals surface area contributed by atoms with Crippen LogP contribution in [-0.2, 0) is 10.8 Å². The topological polar surface area (TPSA) is 34.1 Å². The first-order valence-electron chi connectivity index (χ1n) is 5.49. The fourth-order valence-electron chi connectivity index (χ4n) is 1.56. The summed E-state index contributed by atoms with van der Waals surface area (Å²) in [6.45, 7) is 0. The number of ketones is 1. The summed E-state index contributed by atoms with van der Waals surface area (Å²) < 4.78 is 12.1. The zero-order valence-electron chi connectivity index (χ0n) is 9.81. The third-order valence-corrected chi connectivity index (χ3v) is 4.24. The van der Waals surface area contributed by atoms with Crippen molar-refractivity contribution in [2.45, 2.75) is 4.90 Å². The molecule has 0 amide bonds. The summed E-state index contributed by atoms with van der Waals surface area (Å²) in [6, 6.07) is 13.3. The van der Waals surface area contributed by atoms with Gasteiger partial charge in [-0.15, -0.1) is 0 Å². The van der Waals surface area contributed by atoms with Crippen LogP contribution in [-0.4, -0.2) is 15.7 Å². The quantitative estimate of drug-likeness (QED) is 0.800. The summed E-state index contributed by atoms with van der Waals surface area (Å²) in [5.74, 6) is -0.290. The maximum absolute atomic E-state index is 12.1. The van der Waals surface area contributed by atoms with Crippen LogP contribution in [0.15, 0.2) is 53.4 Å². The highest BCUT2D eigenvalue weighted by Crippen LogP contribution is 2.16. The summed E-state index contributed by atoms with van der Waals surface area (Å²) in [5.41, 5.74) is 0.461. The molecule has 2 nitrogen and oxygen atoms in total. The summed E-state index contributed by atoms with van der Waals surface area (Å²) in [7, 11) is -1.41. The zero-order valence-corrected chi connectivity index (χ0v) is 12.1. The van der Waals surface area contributed by atoms with Gasteiger partial charge in [0.2, 0.25) is 0 Å². The molecule has 0 heterocycles. The van der Waals surface area contributed by atoms with Crippen LogP contribution in [0.5, 0.6) is 0 Å². The summed E-state index contributed by atoms with van der Waals surface area (Å²) in [4.78, 5) is 12.5. The van der Waals surface area contributed by atoms with Gasteiger partial charge in [-0.3, -0.25) is 9.00 Å². The summed E-state index contributed by atoms with van der Waals surface area (Å²) >= 11 is 11.6. The molecular weight excluding hydrogens is 303 g/mol. The smallest absolute Gasteiger partial charge is 0.175 e. The molecule has 98 valence electrons. The van der Waals surface area contributed by atoms with Gasteiger partial charge in [0, 0.05) is 20.5 Å². The van der Waals surface area contributed by atoms with Gasteiger partial charge in [0.25, 0.3) is 0 Å². The minimum absolute atomic E-state index is 0.0827. The van der Waals surface area contributed by atoms with E-state index in [1.54, 1.807) is 48.5 Å². The first kappa shape index (κ1) is 14.3. The van der Waals surface area contributed by atoms with E-state index in [-0.39, 0.29) is 11.5 Å². The third kappa shape index (κ3) is 3.90. The highest BCUT2D eigenvalue weighted by molar-refractivity contribution is 7.85. The average Bonchev–Trinajstić information content (AvgIpc) is 2.38. The van der Waals surface area contributed by atoms with E-state index in [0.29, 0.717) is 20.5 Å². The van der Waals surface area contributed by atoms with Crippen LogP contribution in [0.25, 0.3) is 0 Å². The molecule has 2 aromatic rings. The lowest BCUT2D eigenvalue weighted by atomic mass is 10.1. The number of carbonyl (C=O) groups is 1. The van der Waals surface area contributed by atoms with E-state index in [9.17, 15) is 9.00 Å². The van der Waals surface area contributed by atoms with Crippen molar-refractivity contribution in [1.29, 1.82) is 0 Å². The lowest BCUT2D eigenvalue weighted by molar-refractivity contribution is 0.102. The highest BCUT2D eigenvalue weighted by atomic mass is 35.5. The van der Waals surface area contributed by atoms with E-state index >= 15 is 0 Å². The molecule has 0 spiro atoms. The molecule has 2 rings (SSSR count). The van der Waals surface area contributed by atoms with Gasteiger partial charge in [0.15, 0.2) is 5.78 Å². The van der Waals surface area contributed by atoms with E-state index in [2.05, 4.69) is 0 Å². The van der Waals surface area contributed by atoms with Crippen LogP contribution >= 0.6 is 23.2 Å². The van der Waals surface area contributed by atoms with Gasteiger partial charge in [0.1, 0.15) is 0 Å². The van der Waals surface area contributed by atoms with Gasteiger partial charge in [-0.2, -0.15) is 0 Å². The molecule has 5 heteroatoms. The fourth-order valence-corrected chi connectivity index (χ4v) is 3.06. The van der Waals surface area contributed by atoms with Crippen molar-refractivity contribution < 1.29 is 9.00 Å². The Hall–Kier alpha value is -1.16. The van der Waals surface area contributed by atoms with Gasteiger partial charge in [-0.25, -0.2) is 0 Å². The predicted octanol–water partition coefficient (Wildman–Crippen LogP) is 3.98. The molecule has 0 aliphatic heterocycles. The summed E-state index contributed by atoms with van der Waals surface area (Å²) in [5, 5.41) is 0.987. The fraction of sp³-hybridized carbons (Fsp3) is 0.0714. The number of hydrogen-bond donors (Lipinski definition) is 0. The second-order valence-electron chi connectivity index (χ2n) is 3.88. The Morgan fingerprint density at radius 3 is 2.26 bits per heavy atom. The summed E-state index contributed by atoms with van der Waals surface area (Å²) in [6.07, 6.45) is 0. The molecule has 0 N–H and O–H groups in total. The Labute approximate surface area is 123 Å². The number of Topliss-reactive ketones (excluding diaryl/α,β-unsaturated/α-hetero) is 1. The second-order valence-corrected chi connectivity index (χ2v) is 6.20. The number of hydrogen-bond acceptors (Lipinski definition) is 2. The van der Waals surface area contributed by atoms with Crippen LogP contribution in [0.4, 0.5) is 0 Å². The third-order valence-electron chi connectivity index (χ3n) is 2.47. The molecule has 0 bridgehead atoms. The molecule has 0 aliphatic carbocycles. The monoisotopic (exact) mass is 312 g/mol. The maximum Gasteiger partial charge on any atom is 0.175 e. The van der Waals surface area contributed by atoms with E-state index in [1.165, 1.54) is 0 Å². The molecule has 0 radical (unpaired) electrons. The first-order chi connectivity index (χ1) is 9.06. The molecule has 0 aromatic heterocycles. The largest absolute Gasteiger partial charge is 0.293 e. The van der Waals surface area contributed by atoms with E-state index in [4.69, 9.17) is 23.2 Å². The molecule has 0 saturated carbocycles. The second kappa shape index (κ2) is 6.33. The molecule has 0 aliphatic rings. The van der Waals surface area contributed by atoms with Crippen LogP contribution in [0.2, 0.25) is 10.0 Å². The van der Waals surface area contributed by atoms with Gasteiger partial charge in [-0.05, 0) is 30.3 Å². The molecular formula is C14H10Cl2O2S. The lowest BCUT2D eigenvalue weighted by Gasteiger charge is -2.03. The normalized spacial score (nSPS) is 12.1.